The van der Waals surface area contributed by atoms with Crippen molar-refractivity contribution in [3.8, 4) is 0 Å². The lowest BCUT2D eigenvalue weighted by atomic mass is 10.1. The van der Waals surface area contributed by atoms with E-state index < -0.39 is 18.1 Å². The van der Waals surface area contributed by atoms with Crippen molar-refractivity contribution < 1.29 is 18.3 Å². The molecule has 1 aromatic rings. The van der Waals surface area contributed by atoms with Gasteiger partial charge < -0.3 is 4.74 Å². The standard InChI is InChI=1S/C12H19F2N3O2/c1-4-19-12(18)9-10(11(13)14)17(16-15-9)7-5-6-8(2)3/h8,11H,4-7H2,1-3H3. The summed E-state index contributed by atoms with van der Waals surface area (Å²) in [4.78, 5) is 11.5. The number of carbonyl (C=O) groups is 1. The molecule has 0 N–H and O–H groups in total. The molecule has 0 aliphatic carbocycles. The Labute approximate surface area is 110 Å². The van der Waals surface area contributed by atoms with Crippen LogP contribution in [0.3, 0.4) is 0 Å². The Bertz CT molecular complexity index is 419. The van der Waals surface area contributed by atoms with E-state index in [9.17, 15) is 13.6 Å². The first-order valence-corrected chi connectivity index (χ1v) is 6.36. The molecule has 5 nitrogen and oxygen atoms in total. The van der Waals surface area contributed by atoms with Gasteiger partial charge in [0.1, 0.15) is 5.69 Å². The second-order valence-electron chi connectivity index (χ2n) is 4.60. The van der Waals surface area contributed by atoms with Crippen molar-refractivity contribution in [3.63, 3.8) is 0 Å². The van der Waals surface area contributed by atoms with Gasteiger partial charge in [-0.3, -0.25) is 0 Å². The highest BCUT2D eigenvalue weighted by Gasteiger charge is 2.27. The van der Waals surface area contributed by atoms with Crippen molar-refractivity contribution >= 4 is 5.97 Å². The van der Waals surface area contributed by atoms with Crippen LogP contribution in [0.15, 0.2) is 0 Å². The fraction of sp³-hybridized carbons (Fsp3) is 0.750. The van der Waals surface area contributed by atoms with Gasteiger partial charge in [0.15, 0.2) is 5.69 Å². The quantitative estimate of drug-likeness (QED) is 0.718. The van der Waals surface area contributed by atoms with Crippen LogP contribution in [0.2, 0.25) is 0 Å². The fourth-order valence-corrected chi connectivity index (χ4v) is 1.70. The predicted octanol–water partition coefficient (Wildman–Crippen LogP) is 2.83. The van der Waals surface area contributed by atoms with Gasteiger partial charge in [0.2, 0.25) is 0 Å². The number of hydrogen-bond acceptors (Lipinski definition) is 4. The Morgan fingerprint density at radius 1 is 1.42 bits per heavy atom. The van der Waals surface area contributed by atoms with Crippen LogP contribution in [0.1, 0.15) is 56.2 Å². The molecule has 0 radical (unpaired) electrons. The highest BCUT2D eigenvalue weighted by Crippen LogP contribution is 2.22. The molecule has 108 valence electrons. The average Bonchev–Trinajstić information content (AvgIpc) is 2.73. The number of alkyl halides is 2. The summed E-state index contributed by atoms with van der Waals surface area (Å²) in [5, 5.41) is 7.14. The number of halogens is 2. The van der Waals surface area contributed by atoms with Crippen LogP contribution in [-0.2, 0) is 11.3 Å². The number of carbonyl (C=O) groups excluding carboxylic acids is 1. The molecule has 0 aliphatic rings. The molecular weight excluding hydrogens is 256 g/mol. The molecule has 1 heterocycles. The van der Waals surface area contributed by atoms with Crippen LogP contribution in [0.4, 0.5) is 8.78 Å². The third-order valence-electron chi connectivity index (χ3n) is 2.60. The van der Waals surface area contributed by atoms with Crippen molar-refractivity contribution in [2.75, 3.05) is 6.61 Å². The van der Waals surface area contributed by atoms with E-state index in [4.69, 9.17) is 0 Å². The maximum Gasteiger partial charge on any atom is 0.361 e. The Morgan fingerprint density at radius 3 is 2.63 bits per heavy atom. The number of ether oxygens (including phenoxy) is 1. The van der Waals surface area contributed by atoms with Crippen molar-refractivity contribution in [2.24, 2.45) is 5.92 Å². The highest BCUT2D eigenvalue weighted by molar-refractivity contribution is 5.88. The zero-order chi connectivity index (χ0) is 14.4. The van der Waals surface area contributed by atoms with Gasteiger partial charge >= 0.3 is 5.97 Å². The van der Waals surface area contributed by atoms with E-state index in [0.29, 0.717) is 18.9 Å². The van der Waals surface area contributed by atoms with E-state index in [1.54, 1.807) is 6.92 Å². The number of nitrogens with zero attached hydrogens (tertiary/aromatic N) is 3. The van der Waals surface area contributed by atoms with Crippen LogP contribution < -0.4 is 0 Å². The normalized spacial score (nSPS) is 11.3. The van der Waals surface area contributed by atoms with Crippen molar-refractivity contribution in [2.45, 2.75) is 46.6 Å². The van der Waals surface area contributed by atoms with Crippen molar-refractivity contribution in [3.05, 3.63) is 11.4 Å². The highest BCUT2D eigenvalue weighted by atomic mass is 19.3. The molecule has 1 aromatic heterocycles. The van der Waals surface area contributed by atoms with Crippen LogP contribution in [-0.4, -0.2) is 27.6 Å². The van der Waals surface area contributed by atoms with Gasteiger partial charge in [-0.25, -0.2) is 18.3 Å². The van der Waals surface area contributed by atoms with Gasteiger partial charge in [0.25, 0.3) is 6.43 Å². The minimum Gasteiger partial charge on any atom is -0.461 e. The first kappa shape index (κ1) is 15.5. The van der Waals surface area contributed by atoms with Crippen LogP contribution in [0.5, 0.6) is 0 Å². The lowest BCUT2D eigenvalue weighted by Gasteiger charge is -2.08. The Morgan fingerprint density at radius 2 is 2.11 bits per heavy atom. The minimum atomic E-state index is -2.80. The maximum absolute atomic E-state index is 13.0. The van der Waals surface area contributed by atoms with Gasteiger partial charge in [-0.1, -0.05) is 19.1 Å². The van der Waals surface area contributed by atoms with E-state index >= 15 is 0 Å². The third-order valence-corrected chi connectivity index (χ3v) is 2.60. The van der Waals surface area contributed by atoms with Gasteiger partial charge in [-0.15, -0.1) is 5.10 Å². The summed E-state index contributed by atoms with van der Waals surface area (Å²) in [6, 6.07) is 0. The molecule has 19 heavy (non-hydrogen) atoms. The molecule has 0 saturated heterocycles. The second-order valence-corrected chi connectivity index (χ2v) is 4.60. The smallest absolute Gasteiger partial charge is 0.361 e. The topological polar surface area (TPSA) is 57.0 Å². The van der Waals surface area contributed by atoms with Crippen LogP contribution in [0.25, 0.3) is 0 Å². The summed E-state index contributed by atoms with van der Waals surface area (Å²) in [5.74, 6) is -0.365. The zero-order valence-corrected chi connectivity index (χ0v) is 11.4. The Balaban J connectivity index is 2.84. The van der Waals surface area contributed by atoms with Crippen molar-refractivity contribution in [1.29, 1.82) is 0 Å². The van der Waals surface area contributed by atoms with Gasteiger partial charge in [-0.2, -0.15) is 0 Å². The zero-order valence-electron chi connectivity index (χ0n) is 11.4. The fourth-order valence-electron chi connectivity index (χ4n) is 1.70. The van der Waals surface area contributed by atoms with Gasteiger partial charge in [-0.05, 0) is 25.7 Å². The molecule has 0 saturated carbocycles. The monoisotopic (exact) mass is 275 g/mol. The number of esters is 1. The number of hydrogen-bond donors (Lipinski definition) is 0. The molecule has 0 bridgehead atoms. The summed E-state index contributed by atoms with van der Waals surface area (Å²) in [6.45, 7) is 6.15. The molecule has 0 spiro atoms. The van der Waals surface area contributed by atoms with E-state index in [0.717, 1.165) is 11.1 Å². The summed E-state index contributed by atoms with van der Waals surface area (Å²) in [5.41, 5.74) is -0.844. The lowest BCUT2D eigenvalue weighted by molar-refractivity contribution is 0.0506. The summed E-state index contributed by atoms with van der Waals surface area (Å²) in [7, 11) is 0. The molecule has 0 fully saturated rings. The second kappa shape index (κ2) is 7.16. The summed E-state index contributed by atoms with van der Waals surface area (Å²) in [6.07, 6.45) is -1.19. The number of aryl methyl sites for hydroxylation is 1. The average molecular weight is 275 g/mol. The van der Waals surface area contributed by atoms with Crippen molar-refractivity contribution in [1.82, 2.24) is 15.0 Å². The first-order chi connectivity index (χ1) is 8.97. The van der Waals surface area contributed by atoms with E-state index in [2.05, 4.69) is 28.9 Å². The SMILES string of the molecule is CCOC(=O)c1nnn(CCCC(C)C)c1C(F)F. The molecule has 1 rings (SSSR count). The Hall–Kier alpha value is -1.53. The lowest BCUT2D eigenvalue weighted by Crippen LogP contribution is -2.12. The molecule has 7 heteroatoms. The third kappa shape index (κ3) is 4.25. The first-order valence-electron chi connectivity index (χ1n) is 6.36. The van der Waals surface area contributed by atoms with Gasteiger partial charge in [0, 0.05) is 6.54 Å². The number of aromatic nitrogens is 3. The molecule has 0 aliphatic heterocycles. The van der Waals surface area contributed by atoms with E-state index in [-0.39, 0.29) is 12.3 Å². The maximum atomic E-state index is 13.0. The molecule has 0 unspecified atom stereocenters. The predicted molar refractivity (Wildman–Crippen MR) is 65.0 cm³/mol. The van der Waals surface area contributed by atoms with Gasteiger partial charge in [0.05, 0.1) is 6.61 Å². The minimum absolute atomic E-state index is 0.113. The summed E-state index contributed by atoms with van der Waals surface area (Å²) >= 11 is 0. The summed E-state index contributed by atoms with van der Waals surface area (Å²) < 4.78 is 31.8. The molecule has 0 amide bonds. The molecular formula is C12H19F2N3O2. The van der Waals surface area contributed by atoms with E-state index in [1.165, 1.54) is 0 Å². The number of rotatable bonds is 7. The molecule has 0 atom stereocenters. The largest absolute Gasteiger partial charge is 0.461 e. The Kier molecular flexibility index (Phi) is 5.85. The van der Waals surface area contributed by atoms with Crippen LogP contribution >= 0.6 is 0 Å². The molecule has 0 aromatic carbocycles. The van der Waals surface area contributed by atoms with Crippen LogP contribution in [0, 0.1) is 5.92 Å². The van der Waals surface area contributed by atoms with E-state index in [1.807, 2.05) is 0 Å².